The van der Waals surface area contributed by atoms with Gasteiger partial charge in [-0.15, -0.1) is 0 Å². The van der Waals surface area contributed by atoms with Gasteiger partial charge in [-0.25, -0.2) is 4.98 Å². The molecule has 1 aromatic carbocycles. The van der Waals surface area contributed by atoms with Crippen LogP contribution >= 0.6 is 0 Å². The fourth-order valence-electron chi connectivity index (χ4n) is 3.21. The maximum Gasteiger partial charge on any atom is 0.305 e. The largest absolute Gasteiger partial charge is 0.497 e. The summed E-state index contributed by atoms with van der Waals surface area (Å²) in [7, 11) is 1.68. The molecule has 0 radical (unpaired) electrons. The molecule has 0 saturated carbocycles. The minimum atomic E-state index is -0.107. The van der Waals surface area contributed by atoms with E-state index in [1.54, 1.807) is 13.3 Å². The van der Waals surface area contributed by atoms with Gasteiger partial charge in [0.2, 0.25) is 0 Å². The molecule has 0 N–H and O–H groups in total. The van der Waals surface area contributed by atoms with Crippen LogP contribution in [0.1, 0.15) is 51.0 Å². The van der Waals surface area contributed by atoms with E-state index in [9.17, 15) is 4.79 Å². The summed E-state index contributed by atoms with van der Waals surface area (Å²) >= 11 is 0. The van der Waals surface area contributed by atoms with Crippen LogP contribution in [0.3, 0.4) is 0 Å². The number of methoxy groups -OCH3 is 1. The third-order valence-electron chi connectivity index (χ3n) is 4.81. The van der Waals surface area contributed by atoms with Crippen molar-refractivity contribution in [3.8, 4) is 5.75 Å². The molecule has 0 saturated heterocycles. The molecule has 1 heterocycles. The molecule has 0 aliphatic heterocycles. The zero-order valence-electron chi connectivity index (χ0n) is 17.7. The van der Waals surface area contributed by atoms with Gasteiger partial charge in [0.25, 0.3) is 0 Å². The Hall–Kier alpha value is -2.34. The second-order valence-electron chi connectivity index (χ2n) is 7.11. The molecule has 0 fully saturated rings. The van der Waals surface area contributed by atoms with Crippen LogP contribution in [0, 0.1) is 0 Å². The first-order valence-electron chi connectivity index (χ1n) is 10.6. The van der Waals surface area contributed by atoms with Crippen molar-refractivity contribution in [3.63, 3.8) is 0 Å². The number of hydrogen-bond acceptors (Lipinski definition) is 5. The van der Waals surface area contributed by atoms with Crippen LogP contribution in [0.4, 0.5) is 0 Å². The van der Waals surface area contributed by atoms with Crippen LogP contribution in [0.2, 0.25) is 0 Å². The predicted octanol–water partition coefficient (Wildman–Crippen LogP) is 4.42. The number of carbonyl (C=O) groups is 1. The fourth-order valence-corrected chi connectivity index (χ4v) is 3.21. The average Bonchev–Trinajstić information content (AvgIpc) is 3.24. The molecule has 6 nitrogen and oxygen atoms in total. The van der Waals surface area contributed by atoms with Gasteiger partial charge in [0, 0.05) is 32.0 Å². The lowest BCUT2D eigenvalue weighted by Crippen LogP contribution is -2.20. The highest BCUT2D eigenvalue weighted by atomic mass is 16.5. The summed E-state index contributed by atoms with van der Waals surface area (Å²) in [5.41, 5.74) is 1.31. The molecule has 1 atom stereocenters. The molecule has 160 valence electrons. The monoisotopic (exact) mass is 402 g/mol. The van der Waals surface area contributed by atoms with E-state index in [2.05, 4.69) is 21.7 Å². The van der Waals surface area contributed by atoms with E-state index in [4.69, 9.17) is 14.2 Å². The Morgan fingerprint density at radius 1 is 1.14 bits per heavy atom. The number of ether oxygens (including phenoxy) is 3. The van der Waals surface area contributed by atoms with Crippen molar-refractivity contribution in [1.82, 2.24) is 9.55 Å². The standard InChI is InChI=1S/C23H34N2O4/c1-3-28-23(26)10-5-4-6-17-29-22(18-25-16-15-24-19-25)9-7-8-20-11-13-21(27-2)14-12-20/h11-16,19,22H,3-10,17-18H2,1-2H3. The van der Waals surface area contributed by atoms with Crippen molar-refractivity contribution in [2.24, 2.45) is 0 Å². The van der Waals surface area contributed by atoms with E-state index >= 15 is 0 Å². The molecule has 0 amide bonds. The molecular formula is C23H34N2O4. The number of rotatable bonds is 15. The number of aryl methyl sites for hydroxylation is 1. The number of imidazole rings is 1. The van der Waals surface area contributed by atoms with Crippen LogP contribution in [-0.4, -0.2) is 41.9 Å². The van der Waals surface area contributed by atoms with E-state index in [0.29, 0.717) is 19.6 Å². The second kappa shape index (κ2) is 13.8. The van der Waals surface area contributed by atoms with Gasteiger partial charge in [0.15, 0.2) is 0 Å². The first-order valence-corrected chi connectivity index (χ1v) is 10.6. The Morgan fingerprint density at radius 3 is 2.66 bits per heavy atom. The molecule has 2 rings (SSSR count). The van der Waals surface area contributed by atoms with Gasteiger partial charge in [-0.2, -0.15) is 0 Å². The highest BCUT2D eigenvalue weighted by molar-refractivity contribution is 5.69. The lowest BCUT2D eigenvalue weighted by molar-refractivity contribution is -0.143. The summed E-state index contributed by atoms with van der Waals surface area (Å²) in [5, 5.41) is 0. The molecule has 0 aliphatic carbocycles. The molecule has 1 aromatic heterocycles. The maximum absolute atomic E-state index is 11.4. The molecule has 6 heteroatoms. The number of hydrogen-bond donors (Lipinski definition) is 0. The lowest BCUT2D eigenvalue weighted by Gasteiger charge is -2.18. The van der Waals surface area contributed by atoms with Crippen LogP contribution in [0.25, 0.3) is 0 Å². The Bertz CT molecular complexity index is 671. The summed E-state index contributed by atoms with van der Waals surface area (Å²) < 4.78 is 18.4. The third kappa shape index (κ3) is 9.61. The fraction of sp³-hybridized carbons (Fsp3) is 0.565. The smallest absolute Gasteiger partial charge is 0.305 e. The Kier molecular flexibility index (Phi) is 10.9. The predicted molar refractivity (Wildman–Crippen MR) is 113 cm³/mol. The molecule has 0 spiro atoms. The summed E-state index contributed by atoms with van der Waals surface area (Å²) in [5.74, 6) is 0.781. The van der Waals surface area contributed by atoms with E-state index < -0.39 is 0 Å². The van der Waals surface area contributed by atoms with Gasteiger partial charge in [0.1, 0.15) is 5.75 Å². The minimum Gasteiger partial charge on any atom is -0.497 e. The Morgan fingerprint density at radius 2 is 1.97 bits per heavy atom. The van der Waals surface area contributed by atoms with Gasteiger partial charge in [-0.3, -0.25) is 4.79 Å². The number of benzene rings is 1. The van der Waals surface area contributed by atoms with Crippen molar-refractivity contribution in [2.45, 2.75) is 64.5 Å². The van der Waals surface area contributed by atoms with Crippen molar-refractivity contribution in [3.05, 3.63) is 48.5 Å². The zero-order valence-corrected chi connectivity index (χ0v) is 17.7. The maximum atomic E-state index is 11.4. The number of esters is 1. The first-order chi connectivity index (χ1) is 14.2. The van der Waals surface area contributed by atoms with E-state index in [0.717, 1.165) is 50.8 Å². The van der Waals surface area contributed by atoms with Gasteiger partial charge >= 0.3 is 5.97 Å². The first kappa shape index (κ1) is 22.9. The Labute approximate surface area is 174 Å². The lowest BCUT2D eigenvalue weighted by atomic mass is 10.1. The van der Waals surface area contributed by atoms with Gasteiger partial charge in [-0.1, -0.05) is 18.6 Å². The van der Waals surface area contributed by atoms with E-state index in [1.807, 2.05) is 31.6 Å². The molecular weight excluding hydrogens is 368 g/mol. The molecule has 29 heavy (non-hydrogen) atoms. The van der Waals surface area contributed by atoms with Crippen LogP contribution in [0.5, 0.6) is 5.75 Å². The van der Waals surface area contributed by atoms with Crippen molar-refractivity contribution in [2.75, 3.05) is 20.3 Å². The van der Waals surface area contributed by atoms with Gasteiger partial charge in [-0.05, 0) is 56.7 Å². The van der Waals surface area contributed by atoms with Crippen LogP contribution in [-0.2, 0) is 27.2 Å². The van der Waals surface area contributed by atoms with Crippen LogP contribution < -0.4 is 4.74 Å². The van der Waals surface area contributed by atoms with Gasteiger partial charge in [0.05, 0.1) is 26.1 Å². The highest BCUT2D eigenvalue weighted by Crippen LogP contribution is 2.15. The summed E-state index contributed by atoms with van der Waals surface area (Å²) in [4.78, 5) is 15.5. The summed E-state index contributed by atoms with van der Waals surface area (Å²) in [6, 6.07) is 8.25. The number of nitrogens with zero attached hydrogens (tertiary/aromatic N) is 2. The molecule has 1 unspecified atom stereocenters. The number of carbonyl (C=O) groups excluding carboxylic acids is 1. The average molecular weight is 403 g/mol. The van der Waals surface area contributed by atoms with Gasteiger partial charge < -0.3 is 18.8 Å². The van der Waals surface area contributed by atoms with Crippen molar-refractivity contribution >= 4 is 5.97 Å². The molecule has 0 aliphatic rings. The molecule has 2 aromatic rings. The molecule has 0 bridgehead atoms. The second-order valence-corrected chi connectivity index (χ2v) is 7.11. The SMILES string of the molecule is CCOC(=O)CCCCCOC(CCCc1ccc(OC)cc1)Cn1ccnc1. The Balaban J connectivity index is 1.69. The van der Waals surface area contributed by atoms with E-state index in [1.165, 1.54) is 5.56 Å². The third-order valence-corrected chi connectivity index (χ3v) is 4.81. The zero-order chi connectivity index (χ0) is 20.7. The van der Waals surface area contributed by atoms with Crippen LogP contribution in [0.15, 0.2) is 43.0 Å². The van der Waals surface area contributed by atoms with E-state index in [-0.39, 0.29) is 12.1 Å². The summed E-state index contributed by atoms with van der Waals surface area (Å²) in [6.45, 7) is 3.81. The number of aromatic nitrogens is 2. The number of unbranched alkanes of at least 4 members (excludes halogenated alkanes) is 2. The normalized spacial score (nSPS) is 11.9. The quantitative estimate of drug-likeness (QED) is 0.326. The van der Waals surface area contributed by atoms with Crippen molar-refractivity contribution < 1.29 is 19.0 Å². The van der Waals surface area contributed by atoms with Crippen molar-refractivity contribution in [1.29, 1.82) is 0 Å². The summed E-state index contributed by atoms with van der Waals surface area (Å²) in [6.07, 6.45) is 12.1. The highest BCUT2D eigenvalue weighted by Gasteiger charge is 2.10. The topological polar surface area (TPSA) is 62.6 Å². The minimum absolute atomic E-state index is 0.107.